The van der Waals surface area contributed by atoms with Crippen molar-refractivity contribution >= 4 is 65.1 Å². The molecule has 2 aromatic heterocycles. The number of rotatable bonds is 13. The quantitative estimate of drug-likeness (QED) is 0.0648. The van der Waals surface area contributed by atoms with Crippen molar-refractivity contribution in [3.8, 4) is 34.5 Å². The number of carbonyl (C=O) groups excluding carboxylic acids is 4. The Kier molecular flexibility index (Phi) is 16.5. The highest BCUT2D eigenvalue weighted by molar-refractivity contribution is 6.90. The number of benzene rings is 3. The highest BCUT2D eigenvalue weighted by Crippen LogP contribution is 2.44. The lowest BCUT2D eigenvalue weighted by atomic mass is 9.82. The van der Waals surface area contributed by atoms with Gasteiger partial charge in [0.15, 0.2) is 5.82 Å². The lowest BCUT2D eigenvalue weighted by molar-refractivity contribution is -0.136. The summed E-state index contributed by atoms with van der Waals surface area (Å²) in [5.41, 5.74) is 6.70. The van der Waals surface area contributed by atoms with Crippen LogP contribution in [0.3, 0.4) is 0 Å². The number of phenolic OH excluding ortho intramolecular Hbond substituents is 1. The Hall–Kier alpha value is -6.91. The number of imide groups is 1. The van der Waals surface area contributed by atoms with E-state index in [9.17, 15) is 24.3 Å². The van der Waals surface area contributed by atoms with Gasteiger partial charge in [-0.3, -0.25) is 34.5 Å². The van der Waals surface area contributed by atoms with E-state index in [0.29, 0.717) is 72.0 Å². The minimum Gasteiger partial charge on any atom is -0.508 e. The van der Waals surface area contributed by atoms with Crippen molar-refractivity contribution in [3.05, 3.63) is 77.0 Å². The summed E-state index contributed by atoms with van der Waals surface area (Å²) in [6.45, 7) is 24.5. The minimum absolute atomic E-state index is 0.00566. The Morgan fingerprint density at radius 3 is 2.18 bits per heavy atom. The van der Waals surface area contributed by atoms with Crippen LogP contribution in [0.25, 0.3) is 32.9 Å². The summed E-state index contributed by atoms with van der Waals surface area (Å²) in [4.78, 5) is 76.5. The number of fused-ring (bicyclic) bond motifs is 5. The fourth-order valence-electron chi connectivity index (χ4n) is 15.0. The molecule has 0 spiro atoms. The molecule has 446 valence electrons. The molecule has 0 aliphatic carbocycles. The topological polar surface area (TPSA) is 174 Å². The summed E-state index contributed by atoms with van der Waals surface area (Å²) in [6.07, 6.45) is 8.73. The van der Waals surface area contributed by atoms with E-state index < -0.39 is 37.3 Å². The molecule has 0 radical (unpaired) electrons. The SMILES string of the molecule is CC(C)[Si](C#Cc1c(F)ccc2cc(O)cc(-c3ncc4c(N5CC6CCC(C5)N6C(=O)OC(C)(C)C)nc(OCCN5CCC(CC6CCN(c7cccc8c7CN(C7CCC(=O)NC7=O)C8=O)CC6)CC5)nc4c3F)c12)(C(C)C)C(C)C. The zero-order valence-corrected chi connectivity index (χ0v) is 51.2. The van der Waals surface area contributed by atoms with E-state index in [0.717, 1.165) is 82.4 Å². The lowest BCUT2D eigenvalue weighted by Crippen LogP contribution is -2.57. The number of halogens is 2. The Bertz CT molecular complexity index is 3420. The third kappa shape index (κ3) is 11.4. The molecule has 84 heavy (non-hydrogen) atoms. The maximum absolute atomic E-state index is 17.9. The Morgan fingerprint density at radius 1 is 0.845 bits per heavy atom. The van der Waals surface area contributed by atoms with Gasteiger partial charge in [-0.15, -0.1) is 5.54 Å². The number of aromatic nitrogens is 3. The number of phenols is 1. The number of aromatic hydroxyl groups is 1. The maximum atomic E-state index is 17.9. The van der Waals surface area contributed by atoms with E-state index in [4.69, 9.17) is 24.4 Å². The smallest absolute Gasteiger partial charge is 0.410 e. The molecule has 4 amide bonds. The summed E-state index contributed by atoms with van der Waals surface area (Å²) < 4.78 is 46.5. The molecule has 2 bridgehead atoms. The number of piperazine rings is 1. The number of amides is 4. The molecule has 0 saturated carbocycles. The minimum atomic E-state index is -2.34. The molecule has 2 N–H and O–H groups in total. The predicted molar refractivity (Wildman–Crippen MR) is 324 cm³/mol. The number of hydrogen-bond acceptors (Lipinski definition) is 13. The number of nitrogens with zero attached hydrogens (tertiary/aromatic N) is 8. The van der Waals surface area contributed by atoms with E-state index in [2.05, 4.69) is 79.1 Å². The van der Waals surface area contributed by atoms with Gasteiger partial charge in [0, 0.05) is 79.7 Å². The van der Waals surface area contributed by atoms with Crippen LogP contribution in [0, 0.1) is 34.9 Å². The van der Waals surface area contributed by atoms with Crippen LogP contribution in [0.1, 0.15) is 142 Å². The highest BCUT2D eigenvalue weighted by atomic mass is 28.3. The van der Waals surface area contributed by atoms with Crippen LogP contribution >= 0.6 is 0 Å². The first-order valence-corrected chi connectivity index (χ1v) is 32.8. The molecule has 6 aliphatic heterocycles. The number of piperidine rings is 3. The second-order valence-electron chi connectivity index (χ2n) is 26.4. The van der Waals surface area contributed by atoms with Crippen LogP contribution in [-0.2, 0) is 20.9 Å². The number of hydrogen-bond donors (Lipinski definition) is 2. The van der Waals surface area contributed by atoms with Crippen LogP contribution in [-0.4, -0.2) is 143 Å². The average molecular weight is 1170 g/mol. The monoisotopic (exact) mass is 1170 g/mol. The Morgan fingerprint density at radius 2 is 1.52 bits per heavy atom. The number of anilines is 2. The van der Waals surface area contributed by atoms with Crippen molar-refractivity contribution in [2.45, 2.75) is 167 Å². The molecule has 8 heterocycles. The first kappa shape index (κ1) is 58.8. The molecule has 5 saturated heterocycles. The number of pyridine rings is 1. The van der Waals surface area contributed by atoms with E-state index >= 15 is 8.78 Å². The van der Waals surface area contributed by atoms with Gasteiger partial charge in [-0.05, 0) is 149 Å². The molecule has 5 aromatic rings. The summed E-state index contributed by atoms with van der Waals surface area (Å²) in [7, 11) is -2.34. The van der Waals surface area contributed by atoms with Gasteiger partial charge in [-0.1, -0.05) is 59.6 Å². The van der Waals surface area contributed by atoms with Gasteiger partial charge in [-0.2, -0.15) is 9.97 Å². The standard InChI is InChI=1S/C65H81F2N9O7Si/c1-38(2)84(39(3)4,40(5)6)30-23-48-52(66)16-13-43-32-46(77)33-49(56(43)48)58-57(67)59-50(34-68-58)60(74-35-44-14-15-45(36-74)76(44)64(81)83-65(7,8)9)71-63(70-59)82-29-28-72-24-19-41(20-25-72)31-42-21-26-73(27-22-42)53-12-10-11-47-51(53)37-75(62(47)80)54-17-18-55(78)69-61(54)79/h10-13,16,32-34,38-42,44-45,54,77H,14-15,17-22,24-29,31,35-37H2,1-9H3,(H,69,78,79). The lowest BCUT2D eigenvalue weighted by Gasteiger charge is -2.42. The summed E-state index contributed by atoms with van der Waals surface area (Å²) >= 11 is 0. The van der Waals surface area contributed by atoms with Gasteiger partial charge in [0.05, 0.1) is 23.0 Å². The first-order valence-electron chi connectivity index (χ1n) is 30.6. The van der Waals surface area contributed by atoms with Crippen molar-refractivity contribution in [2.75, 3.05) is 62.2 Å². The summed E-state index contributed by atoms with van der Waals surface area (Å²) in [5, 5.41) is 14.8. The van der Waals surface area contributed by atoms with Gasteiger partial charge in [0.25, 0.3) is 5.91 Å². The number of likely N-dealkylation sites (tertiary alicyclic amines) is 1. The summed E-state index contributed by atoms with van der Waals surface area (Å²) in [6, 6.07) is 10.8. The normalized spacial score (nSPS) is 21.1. The zero-order valence-electron chi connectivity index (χ0n) is 50.2. The van der Waals surface area contributed by atoms with Gasteiger partial charge in [0.2, 0.25) is 11.8 Å². The zero-order chi connectivity index (χ0) is 59.5. The molecule has 11 rings (SSSR count). The largest absolute Gasteiger partial charge is 0.508 e. The predicted octanol–water partition coefficient (Wildman–Crippen LogP) is 11.1. The molecule has 3 unspecified atom stereocenters. The van der Waals surface area contributed by atoms with Crippen molar-refractivity contribution in [1.29, 1.82) is 0 Å². The van der Waals surface area contributed by atoms with Crippen molar-refractivity contribution < 1.29 is 42.5 Å². The van der Waals surface area contributed by atoms with Gasteiger partial charge in [0.1, 0.15) is 54.9 Å². The molecular weight excluding hydrogens is 1080 g/mol. The van der Waals surface area contributed by atoms with Crippen LogP contribution in [0.5, 0.6) is 11.8 Å². The van der Waals surface area contributed by atoms with Gasteiger partial charge in [-0.25, -0.2) is 13.6 Å². The van der Waals surface area contributed by atoms with Crippen LogP contribution in [0.15, 0.2) is 48.7 Å². The maximum Gasteiger partial charge on any atom is 0.410 e. The molecule has 19 heteroatoms. The number of carbonyl (C=O) groups is 4. The average Bonchev–Trinajstić information content (AvgIpc) is 1.54. The fraction of sp³-hybridized carbons (Fsp3) is 0.554. The third-order valence-corrected chi connectivity index (χ3v) is 25.4. The van der Waals surface area contributed by atoms with Gasteiger partial charge < -0.3 is 29.3 Å². The molecule has 3 atom stereocenters. The van der Waals surface area contributed by atoms with E-state index in [1.807, 2.05) is 37.8 Å². The van der Waals surface area contributed by atoms with Crippen molar-refractivity contribution in [3.63, 3.8) is 0 Å². The summed E-state index contributed by atoms with van der Waals surface area (Å²) in [5.74, 6) is 2.65. The highest BCUT2D eigenvalue weighted by Gasteiger charge is 2.46. The molecule has 6 aliphatic rings. The van der Waals surface area contributed by atoms with Crippen LogP contribution < -0.4 is 19.9 Å². The molecular formula is C65H81F2N9O7Si. The van der Waals surface area contributed by atoms with E-state index in [1.54, 1.807) is 17.2 Å². The van der Waals surface area contributed by atoms with E-state index in [1.165, 1.54) is 18.2 Å². The van der Waals surface area contributed by atoms with Crippen molar-refractivity contribution in [2.24, 2.45) is 11.8 Å². The third-order valence-electron chi connectivity index (χ3n) is 19.1. The fourth-order valence-corrected chi connectivity index (χ4v) is 20.2. The molecule has 16 nitrogen and oxygen atoms in total. The Balaban J connectivity index is 0.799. The van der Waals surface area contributed by atoms with Crippen LogP contribution in [0.2, 0.25) is 16.6 Å². The number of ether oxygens (including phenoxy) is 2. The van der Waals surface area contributed by atoms with Crippen LogP contribution in [0.4, 0.5) is 25.1 Å². The Labute approximate surface area is 493 Å². The second-order valence-corrected chi connectivity index (χ2v) is 31.9. The van der Waals surface area contributed by atoms with Gasteiger partial charge >= 0.3 is 12.1 Å². The number of nitrogens with one attached hydrogen (secondary N) is 1. The second kappa shape index (κ2) is 23.5. The molecule has 3 aromatic carbocycles. The first-order chi connectivity index (χ1) is 40.1. The van der Waals surface area contributed by atoms with E-state index in [-0.39, 0.29) is 93.7 Å². The molecule has 5 fully saturated rings. The van der Waals surface area contributed by atoms with Crippen molar-refractivity contribution in [1.82, 2.24) is 35.0 Å².